The molecule has 0 heterocycles. The number of benzene rings is 2. The maximum atomic E-state index is 11.5. The van der Waals surface area contributed by atoms with Crippen LogP contribution in [0.3, 0.4) is 0 Å². The molecule has 0 unspecified atom stereocenters. The molecule has 2 aromatic carbocycles. The number of esters is 4. The van der Waals surface area contributed by atoms with E-state index in [1.54, 1.807) is 30.3 Å². The summed E-state index contributed by atoms with van der Waals surface area (Å²) < 4.78 is 27.3. The van der Waals surface area contributed by atoms with E-state index in [0.717, 1.165) is 30.4 Å². The van der Waals surface area contributed by atoms with Crippen molar-refractivity contribution in [1.82, 2.24) is 4.90 Å². The van der Waals surface area contributed by atoms with Crippen LogP contribution in [0.1, 0.15) is 45.7 Å². The molecule has 0 aliphatic rings. The fourth-order valence-electron chi connectivity index (χ4n) is 2.91. The smallest absolute Gasteiger partial charge is 0.384 e. The van der Waals surface area contributed by atoms with Gasteiger partial charge in [0.15, 0.2) is 0 Å². The Morgan fingerprint density at radius 1 is 0.720 bits per heavy atom. The van der Waals surface area contributed by atoms with E-state index in [-0.39, 0.29) is 17.3 Å². The molecule has 0 saturated heterocycles. The highest BCUT2D eigenvalue weighted by molar-refractivity contribution is 6.32. The number of phenols is 1. The lowest BCUT2D eigenvalue weighted by molar-refractivity contribution is -0.140. The minimum absolute atomic E-state index is 0.150. The van der Waals surface area contributed by atoms with Crippen LogP contribution < -0.4 is 4.74 Å². The van der Waals surface area contributed by atoms with Crippen molar-refractivity contribution in [3.05, 3.63) is 69.4 Å². The molecule has 14 heteroatoms. The van der Waals surface area contributed by atoms with Crippen LogP contribution in [-0.2, 0) is 42.9 Å². The van der Waals surface area contributed by atoms with Crippen molar-refractivity contribution in [3.63, 3.8) is 0 Å². The van der Waals surface area contributed by atoms with Gasteiger partial charge in [-0.1, -0.05) is 56.1 Å². The van der Waals surface area contributed by atoms with E-state index >= 15 is 0 Å². The van der Waals surface area contributed by atoms with Crippen molar-refractivity contribution >= 4 is 47.1 Å². The van der Waals surface area contributed by atoms with Crippen LogP contribution in [0.25, 0.3) is 0 Å². The second-order valence-corrected chi connectivity index (χ2v) is 9.96. The number of hydrogen-bond acceptors (Lipinski definition) is 12. The molecule has 2 aromatic rings. The molecule has 0 spiro atoms. The summed E-state index contributed by atoms with van der Waals surface area (Å²) >= 11 is 11.5. The summed E-state index contributed by atoms with van der Waals surface area (Å²) in [5.41, 5.74) is 1.90. The lowest BCUT2D eigenvalue weighted by Gasteiger charge is -2.13. The molecule has 12 nitrogen and oxygen atoms in total. The highest BCUT2D eigenvalue weighted by atomic mass is 35.5. The number of halogens is 2. The van der Waals surface area contributed by atoms with Crippen LogP contribution >= 0.6 is 23.2 Å². The first-order valence-corrected chi connectivity index (χ1v) is 16.1. The molecule has 0 radical (unpaired) electrons. The molecule has 0 aromatic heterocycles. The number of hydrogen-bond donors (Lipinski definition) is 1. The number of carbonyl (C=O) groups excluding carboxylic acids is 4. The van der Waals surface area contributed by atoms with Crippen molar-refractivity contribution in [1.29, 1.82) is 0 Å². The Kier molecular flexibility index (Phi) is 32.0. The highest BCUT2D eigenvalue weighted by Gasteiger charge is 2.16. The van der Waals surface area contributed by atoms with Crippen LogP contribution in [0.2, 0.25) is 10.0 Å². The third-order valence-electron chi connectivity index (χ3n) is 5.63. The van der Waals surface area contributed by atoms with Gasteiger partial charge in [0.05, 0.1) is 44.6 Å². The zero-order valence-corrected chi connectivity index (χ0v) is 32.3. The predicted molar refractivity (Wildman–Crippen MR) is 194 cm³/mol. The van der Waals surface area contributed by atoms with Crippen molar-refractivity contribution in [2.75, 3.05) is 61.3 Å². The van der Waals surface area contributed by atoms with Gasteiger partial charge in [-0.3, -0.25) is 0 Å². The van der Waals surface area contributed by atoms with Gasteiger partial charge in [0.25, 0.3) is 0 Å². The molecular weight excluding hydrogens is 693 g/mol. The molecule has 0 fully saturated rings. The first-order valence-electron chi connectivity index (χ1n) is 15.4. The minimum Gasteiger partial charge on any atom is -0.506 e. The van der Waals surface area contributed by atoms with E-state index in [1.807, 2.05) is 45.6 Å². The zero-order valence-electron chi connectivity index (χ0n) is 30.8. The fourth-order valence-corrected chi connectivity index (χ4v) is 3.18. The van der Waals surface area contributed by atoms with Crippen LogP contribution in [0, 0.1) is 25.7 Å². The number of nitrogens with zero attached hydrogens (tertiary/aromatic N) is 1. The van der Waals surface area contributed by atoms with Gasteiger partial charge in [-0.25, -0.2) is 19.2 Å². The third-order valence-corrected chi connectivity index (χ3v) is 6.26. The molecule has 0 aliphatic heterocycles. The molecule has 0 atom stereocenters. The first kappa shape index (κ1) is 50.1. The van der Waals surface area contributed by atoms with Gasteiger partial charge in [-0.2, -0.15) is 0 Å². The van der Waals surface area contributed by atoms with Crippen molar-refractivity contribution in [2.45, 2.75) is 48.5 Å². The summed E-state index contributed by atoms with van der Waals surface area (Å²) in [5.74, 6) is 0.840. The summed E-state index contributed by atoms with van der Waals surface area (Å²) in [7, 11) is 4.71. The quantitative estimate of drug-likeness (QED) is 0.0764. The van der Waals surface area contributed by atoms with Gasteiger partial charge < -0.3 is 38.4 Å². The van der Waals surface area contributed by atoms with E-state index in [2.05, 4.69) is 44.6 Å². The lowest BCUT2D eigenvalue weighted by atomic mass is 10.2. The first-order chi connectivity index (χ1) is 23.6. The Morgan fingerprint density at radius 3 is 1.50 bits per heavy atom. The number of methoxy groups -OCH3 is 4. The molecule has 1 N–H and O–H groups in total. The average Bonchev–Trinajstić information content (AvgIpc) is 3.11. The topological polar surface area (TPSA) is 147 Å². The minimum atomic E-state index is -0.803. The van der Waals surface area contributed by atoms with Gasteiger partial charge in [-0.05, 0) is 82.7 Å². The number of aromatic hydroxyl groups is 1. The second kappa shape index (κ2) is 32.0. The molecule has 50 heavy (non-hydrogen) atoms. The average molecular weight is 745 g/mol. The summed E-state index contributed by atoms with van der Waals surface area (Å²) in [5, 5.41) is 9.68. The Balaban J connectivity index is -0.000000604. The number of aryl methyl sites for hydroxylation is 2. The number of carbonyl (C=O) groups is 4. The molecule has 0 bridgehead atoms. The monoisotopic (exact) mass is 743 g/mol. The highest BCUT2D eigenvalue weighted by Crippen LogP contribution is 2.27. The normalized spacial score (nSPS) is 9.52. The zero-order chi connectivity index (χ0) is 39.1. The number of rotatable bonds is 9. The molecule has 0 saturated carbocycles. The summed E-state index contributed by atoms with van der Waals surface area (Å²) in [6, 6.07) is 10.2. The maximum Gasteiger partial charge on any atom is 0.384 e. The Hall–Kier alpha value is -4.28. The molecule has 2 rings (SSSR count). The molecule has 0 amide bonds. The van der Waals surface area contributed by atoms with Gasteiger partial charge in [0, 0.05) is 25.1 Å². The van der Waals surface area contributed by atoms with Gasteiger partial charge in [0.1, 0.15) is 11.5 Å². The third kappa shape index (κ3) is 26.6. The van der Waals surface area contributed by atoms with E-state index < -0.39 is 23.9 Å². The standard InChI is InChI=1S/C13H13ClO5.C7H7ClO.C6H15N.C6H6O4.C4H10O/c1-8-4-5-9(14)10(6-8)19-11(13(16)18-3)7-12(15)17-2;1-5-2-3-6(8)7(9)4-5;1-4-7(5-2)6-3;1-9-5(7)3-4-6(8)10-2;1-3-5-4-2/h4-7H,1-3H3;2-4,9H,1H3;4-6H2,1-3H3;1-2H3;3-4H2,1-2H3/b11-7+;;;;. The van der Waals surface area contributed by atoms with Gasteiger partial charge in [-0.15, -0.1) is 0 Å². The molecule has 0 aliphatic carbocycles. The molecular formula is C36H51Cl2NO11. The summed E-state index contributed by atoms with van der Waals surface area (Å²) in [6.07, 6.45) is 0.893. The largest absolute Gasteiger partial charge is 0.506 e. The van der Waals surface area contributed by atoms with E-state index in [4.69, 9.17) is 37.8 Å². The number of ether oxygens (including phenoxy) is 6. The van der Waals surface area contributed by atoms with E-state index in [1.165, 1.54) is 48.1 Å². The van der Waals surface area contributed by atoms with Gasteiger partial charge in [0.2, 0.25) is 5.76 Å². The van der Waals surface area contributed by atoms with Crippen LogP contribution in [0.5, 0.6) is 11.5 Å². The van der Waals surface area contributed by atoms with Crippen molar-refractivity contribution in [3.8, 4) is 23.3 Å². The Labute approximate surface area is 306 Å². The summed E-state index contributed by atoms with van der Waals surface area (Å²) in [4.78, 5) is 45.5. The second-order valence-electron chi connectivity index (χ2n) is 9.15. The van der Waals surface area contributed by atoms with Crippen LogP contribution in [0.4, 0.5) is 0 Å². The fraction of sp³-hybridized carbons (Fsp3) is 0.444. The van der Waals surface area contributed by atoms with Crippen molar-refractivity contribution < 1.29 is 52.7 Å². The SMILES string of the molecule is CCN(CC)CC.CCOCC.COC(=O)/C=C(/Oc1cc(C)ccc1Cl)C(=O)OC.COC(=O)C#CC(=O)OC.Cc1ccc(Cl)c(O)c1. The van der Waals surface area contributed by atoms with Crippen molar-refractivity contribution in [2.24, 2.45) is 0 Å². The van der Waals surface area contributed by atoms with Crippen LogP contribution in [0.15, 0.2) is 48.2 Å². The van der Waals surface area contributed by atoms with E-state index in [0.29, 0.717) is 10.0 Å². The maximum absolute atomic E-state index is 11.5. The Morgan fingerprint density at radius 2 is 1.18 bits per heavy atom. The summed E-state index contributed by atoms with van der Waals surface area (Å²) in [6.45, 7) is 19.5. The van der Waals surface area contributed by atoms with Crippen LogP contribution in [-0.4, -0.2) is 95.2 Å². The van der Waals surface area contributed by atoms with E-state index in [9.17, 15) is 19.2 Å². The number of phenolic OH excluding ortho intramolecular Hbond substituents is 1. The predicted octanol–water partition coefficient (Wildman–Crippen LogP) is 6.34. The lowest BCUT2D eigenvalue weighted by Crippen LogP contribution is -2.21. The van der Waals surface area contributed by atoms with Gasteiger partial charge >= 0.3 is 23.9 Å². The Bertz CT molecular complexity index is 1350. The molecule has 280 valence electrons.